The van der Waals surface area contributed by atoms with Gasteiger partial charge in [0.15, 0.2) is 5.88 Å². The molecule has 1 aromatic rings. The molecule has 1 aromatic heterocycles. The molecule has 0 radical (unpaired) electrons. The van der Waals surface area contributed by atoms with Crippen LogP contribution in [0, 0.1) is 0 Å². The third-order valence-corrected chi connectivity index (χ3v) is 2.21. The van der Waals surface area contributed by atoms with E-state index in [1.807, 2.05) is 0 Å². The molecule has 4 heteroatoms. The van der Waals surface area contributed by atoms with Gasteiger partial charge >= 0.3 is 0 Å². The number of H-pyrrole nitrogens is 1. The maximum atomic E-state index is 9.33. The molecule has 1 fully saturated rings. The summed E-state index contributed by atoms with van der Waals surface area (Å²) >= 11 is 0. The number of rotatable bonds is 1. The lowest BCUT2D eigenvalue weighted by Crippen LogP contribution is -2.16. The van der Waals surface area contributed by atoms with E-state index in [0.717, 1.165) is 25.9 Å². The minimum atomic E-state index is 0.0226. The van der Waals surface area contributed by atoms with E-state index in [1.54, 1.807) is 6.07 Å². The van der Waals surface area contributed by atoms with Crippen molar-refractivity contribution in [3.05, 3.63) is 6.07 Å². The second-order valence-electron chi connectivity index (χ2n) is 3.08. The maximum Gasteiger partial charge on any atom is 0.215 e. The van der Waals surface area contributed by atoms with Gasteiger partial charge in [-0.15, -0.1) is 0 Å². The number of hydrogen-bond acceptors (Lipinski definition) is 3. The number of nitrogens with zero attached hydrogens (tertiary/aromatic N) is 1. The third-order valence-electron chi connectivity index (χ3n) is 2.21. The molecule has 0 aromatic carbocycles. The van der Waals surface area contributed by atoms with Crippen molar-refractivity contribution in [1.29, 1.82) is 0 Å². The second-order valence-corrected chi connectivity index (χ2v) is 3.08. The van der Waals surface area contributed by atoms with E-state index in [0.29, 0.717) is 5.69 Å². The molecule has 0 bridgehead atoms. The average Bonchev–Trinajstić information content (AvgIpc) is 2.58. The Bertz CT molecular complexity index is 277. The summed E-state index contributed by atoms with van der Waals surface area (Å²) in [5, 5.41) is 18.4. The third kappa shape index (κ3) is 1.09. The van der Waals surface area contributed by atoms with Crippen LogP contribution >= 0.6 is 0 Å². The van der Waals surface area contributed by atoms with E-state index in [4.69, 9.17) is 5.11 Å². The van der Waals surface area contributed by atoms with Crippen LogP contribution in [0.2, 0.25) is 0 Å². The van der Waals surface area contributed by atoms with Crippen LogP contribution in [0.4, 0.5) is 5.69 Å². The fourth-order valence-corrected chi connectivity index (χ4v) is 1.62. The molecule has 0 amide bonds. The highest BCUT2D eigenvalue weighted by atomic mass is 16.3. The van der Waals surface area contributed by atoms with Gasteiger partial charge in [-0.25, -0.2) is 0 Å². The normalized spacial score (nSPS) is 17.2. The fraction of sp³-hybridized carbons (Fsp3) is 0.500. The predicted molar refractivity (Wildman–Crippen MR) is 45.6 cm³/mol. The summed E-state index contributed by atoms with van der Waals surface area (Å²) in [6.45, 7) is 1.93. The number of aromatic hydroxyl groups is 2. The van der Waals surface area contributed by atoms with E-state index in [2.05, 4.69) is 9.88 Å². The highest BCUT2D eigenvalue weighted by molar-refractivity contribution is 5.58. The Morgan fingerprint density at radius 2 is 1.92 bits per heavy atom. The molecule has 0 spiro atoms. The van der Waals surface area contributed by atoms with Crippen LogP contribution < -0.4 is 4.90 Å². The molecule has 0 atom stereocenters. The number of hydrogen-bond donors (Lipinski definition) is 3. The fourth-order valence-electron chi connectivity index (χ4n) is 1.62. The summed E-state index contributed by atoms with van der Waals surface area (Å²) in [5.41, 5.74) is 0.713. The molecule has 0 unspecified atom stereocenters. The van der Waals surface area contributed by atoms with E-state index in [9.17, 15) is 5.11 Å². The van der Waals surface area contributed by atoms with Crippen LogP contribution in [0.5, 0.6) is 11.8 Å². The Labute approximate surface area is 70.4 Å². The van der Waals surface area contributed by atoms with Crippen molar-refractivity contribution in [2.75, 3.05) is 18.0 Å². The summed E-state index contributed by atoms with van der Waals surface area (Å²) in [4.78, 5) is 4.51. The van der Waals surface area contributed by atoms with Crippen molar-refractivity contribution < 1.29 is 10.2 Å². The molecule has 4 nitrogen and oxygen atoms in total. The minimum Gasteiger partial charge on any atom is -0.494 e. The van der Waals surface area contributed by atoms with E-state index in [-0.39, 0.29) is 11.8 Å². The number of anilines is 1. The largest absolute Gasteiger partial charge is 0.494 e. The first kappa shape index (κ1) is 7.34. The monoisotopic (exact) mass is 168 g/mol. The van der Waals surface area contributed by atoms with E-state index >= 15 is 0 Å². The van der Waals surface area contributed by atoms with Gasteiger partial charge in [-0.3, -0.25) is 4.98 Å². The maximum absolute atomic E-state index is 9.33. The van der Waals surface area contributed by atoms with Crippen molar-refractivity contribution in [2.45, 2.75) is 12.8 Å². The molecule has 1 aliphatic heterocycles. The first-order chi connectivity index (χ1) is 5.77. The van der Waals surface area contributed by atoms with Crippen molar-refractivity contribution in [2.24, 2.45) is 0 Å². The standard InChI is InChI=1S/C8H12N2O2/c11-7-5-6(8(12)9-7)10-3-1-2-4-10/h5,9,11-12H,1-4H2. The van der Waals surface area contributed by atoms with Gasteiger partial charge in [-0.2, -0.15) is 0 Å². The van der Waals surface area contributed by atoms with Crippen molar-refractivity contribution in [3.63, 3.8) is 0 Å². The SMILES string of the molecule is Oc1cc(N2CCCC2)c(O)[nH]1. The lowest BCUT2D eigenvalue weighted by atomic mass is 10.4. The lowest BCUT2D eigenvalue weighted by molar-refractivity contribution is 0.425. The minimum absolute atomic E-state index is 0.0226. The Kier molecular flexibility index (Phi) is 1.60. The summed E-state index contributed by atoms with van der Waals surface area (Å²) in [5.74, 6) is 0.0869. The predicted octanol–water partition coefficient (Wildman–Crippen LogP) is 1.03. The van der Waals surface area contributed by atoms with Crippen LogP contribution in [-0.4, -0.2) is 28.3 Å². The van der Waals surface area contributed by atoms with E-state index in [1.165, 1.54) is 0 Å². The number of aromatic nitrogens is 1. The zero-order valence-electron chi connectivity index (χ0n) is 6.75. The summed E-state index contributed by atoms with van der Waals surface area (Å²) in [7, 11) is 0. The van der Waals surface area contributed by atoms with Gasteiger partial charge in [0, 0.05) is 19.2 Å². The van der Waals surface area contributed by atoms with Gasteiger partial charge in [0.1, 0.15) is 5.69 Å². The quantitative estimate of drug-likeness (QED) is 0.587. The second kappa shape index (κ2) is 2.62. The van der Waals surface area contributed by atoms with Gasteiger partial charge in [0.2, 0.25) is 5.88 Å². The van der Waals surface area contributed by atoms with E-state index < -0.39 is 0 Å². The Balaban J connectivity index is 2.25. The Morgan fingerprint density at radius 3 is 2.42 bits per heavy atom. The molecule has 2 rings (SSSR count). The van der Waals surface area contributed by atoms with Crippen LogP contribution in [0.25, 0.3) is 0 Å². The highest BCUT2D eigenvalue weighted by Gasteiger charge is 2.17. The molecular formula is C8H12N2O2. The molecule has 3 N–H and O–H groups in total. The smallest absolute Gasteiger partial charge is 0.215 e. The van der Waals surface area contributed by atoms with Crippen molar-refractivity contribution in [1.82, 2.24) is 4.98 Å². The molecule has 66 valence electrons. The van der Waals surface area contributed by atoms with Gasteiger partial charge in [0.05, 0.1) is 0 Å². The van der Waals surface area contributed by atoms with Crippen LogP contribution in [-0.2, 0) is 0 Å². The first-order valence-corrected chi connectivity index (χ1v) is 4.13. The molecular weight excluding hydrogens is 156 g/mol. The zero-order chi connectivity index (χ0) is 8.55. The van der Waals surface area contributed by atoms with Gasteiger partial charge in [-0.05, 0) is 12.8 Å². The zero-order valence-corrected chi connectivity index (χ0v) is 6.75. The molecule has 0 saturated carbocycles. The van der Waals surface area contributed by atoms with Gasteiger partial charge in [0.25, 0.3) is 0 Å². The lowest BCUT2D eigenvalue weighted by Gasteiger charge is -2.14. The highest BCUT2D eigenvalue weighted by Crippen LogP contribution is 2.32. The number of nitrogens with one attached hydrogen (secondary N) is 1. The molecule has 1 saturated heterocycles. The number of aromatic amines is 1. The summed E-state index contributed by atoms with van der Waals surface area (Å²) in [6.07, 6.45) is 2.32. The van der Waals surface area contributed by atoms with Crippen molar-refractivity contribution in [3.8, 4) is 11.8 Å². The average molecular weight is 168 g/mol. The topological polar surface area (TPSA) is 59.5 Å². The van der Waals surface area contributed by atoms with Gasteiger partial charge in [-0.1, -0.05) is 0 Å². The Morgan fingerprint density at radius 1 is 1.25 bits per heavy atom. The molecule has 12 heavy (non-hydrogen) atoms. The molecule has 0 aliphatic carbocycles. The summed E-state index contributed by atoms with van der Waals surface area (Å²) < 4.78 is 0. The van der Waals surface area contributed by atoms with Gasteiger partial charge < -0.3 is 15.1 Å². The van der Waals surface area contributed by atoms with Crippen LogP contribution in [0.3, 0.4) is 0 Å². The van der Waals surface area contributed by atoms with Crippen molar-refractivity contribution >= 4 is 5.69 Å². The van der Waals surface area contributed by atoms with Crippen LogP contribution in [0.15, 0.2) is 6.07 Å². The Hall–Kier alpha value is -1.32. The molecule has 1 aliphatic rings. The van der Waals surface area contributed by atoms with Crippen LogP contribution in [0.1, 0.15) is 12.8 Å². The molecule has 2 heterocycles. The first-order valence-electron chi connectivity index (χ1n) is 4.13. The summed E-state index contributed by atoms with van der Waals surface area (Å²) in [6, 6.07) is 1.56.